The van der Waals surface area contributed by atoms with Gasteiger partial charge in [-0.1, -0.05) is 0 Å². The average molecular weight is 306 g/mol. The highest BCUT2D eigenvalue weighted by atomic mass is 16.5. The van der Waals surface area contributed by atoms with Gasteiger partial charge in [0.2, 0.25) is 5.91 Å². The number of amides is 1. The first-order chi connectivity index (χ1) is 10.7. The lowest BCUT2D eigenvalue weighted by atomic mass is 9.84. The van der Waals surface area contributed by atoms with Crippen LogP contribution < -0.4 is 0 Å². The SMILES string of the molecule is COCC(=O)N1CC2(C[C@@H](OCc3ccncc3)CCO2)C1. The van der Waals surface area contributed by atoms with Gasteiger partial charge in [0.1, 0.15) is 12.2 Å². The largest absolute Gasteiger partial charge is 0.375 e. The minimum atomic E-state index is -0.218. The fourth-order valence-corrected chi connectivity index (χ4v) is 3.08. The molecular weight excluding hydrogens is 284 g/mol. The van der Waals surface area contributed by atoms with Gasteiger partial charge in [-0.3, -0.25) is 9.78 Å². The van der Waals surface area contributed by atoms with Crippen molar-refractivity contribution < 1.29 is 19.0 Å². The highest BCUT2D eigenvalue weighted by molar-refractivity contribution is 5.78. The Morgan fingerprint density at radius 2 is 2.23 bits per heavy atom. The third kappa shape index (κ3) is 3.45. The van der Waals surface area contributed by atoms with Gasteiger partial charge in [0.05, 0.1) is 25.8 Å². The first kappa shape index (κ1) is 15.4. The van der Waals surface area contributed by atoms with Crippen LogP contribution in [-0.4, -0.2) is 60.9 Å². The Morgan fingerprint density at radius 1 is 1.45 bits per heavy atom. The smallest absolute Gasteiger partial charge is 0.248 e. The van der Waals surface area contributed by atoms with Gasteiger partial charge in [-0.2, -0.15) is 0 Å². The summed E-state index contributed by atoms with van der Waals surface area (Å²) in [6.07, 6.45) is 5.47. The summed E-state index contributed by atoms with van der Waals surface area (Å²) >= 11 is 0. The molecule has 0 N–H and O–H groups in total. The normalized spacial score (nSPS) is 23.3. The van der Waals surface area contributed by atoms with Crippen LogP contribution >= 0.6 is 0 Å². The molecule has 1 aromatic rings. The lowest BCUT2D eigenvalue weighted by Crippen LogP contribution is -2.67. The molecule has 2 fully saturated rings. The number of ether oxygens (including phenoxy) is 3. The molecule has 0 saturated carbocycles. The third-order valence-corrected chi connectivity index (χ3v) is 4.26. The van der Waals surface area contributed by atoms with Gasteiger partial charge in [-0.15, -0.1) is 0 Å². The molecule has 0 aliphatic carbocycles. The van der Waals surface area contributed by atoms with E-state index in [4.69, 9.17) is 14.2 Å². The fraction of sp³-hybridized carbons (Fsp3) is 0.625. The Balaban J connectivity index is 1.47. The van der Waals surface area contributed by atoms with Crippen LogP contribution in [-0.2, 0) is 25.6 Å². The number of nitrogens with zero attached hydrogens (tertiary/aromatic N) is 2. The van der Waals surface area contributed by atoms with E-state index in [0.29, 0.717) is 26.3 Å². The number of carbonyl (C=O) groups is 1. The van der Waals surface area contributed by atoms with Crippen molar-refractivity contribution in [1.82, 2.24) is 9.88 Å². The van der Waals surface area contributed by atoms with E-state index in [1.165, 1.54) is 7.11 Å². The van der Waals surface area contributed by atoms with Gasteiger partial charge in [0, 0.05) is 32.5 Å². The van der Waals surface area contributed by atoms with Gasteiger partial charge >= 0.3 is 0 Å². The molecule has 1 amide bonds. The number of hydrogen-bond acceptors (Lipinski definition) is 5. The summed E-state index contributed by atoms with van der Waals surface area (Å²) < 4.78 is 16.8. The highest BCUT2D eigenvalue weighted by Gasteiger charge is 2.49. The first-order valence-electron chi connectivity index (χ1n) is 7.62. The van der Waals surface area contributed by atoms with E-state index in [1.807, 2.05) is 12.1 Å². The summed E-state index contributed by atoms with van der Waals surface area (Å²) in [6.45, 7) is 2.70. The predicted octanol–water partition coefficient (Wildman–Crippen LogP) is 1.00. The van der Waals surface area contributed by atoms with Crippen LogP contribution in [0.2, 0.25) is 0 Å². The van der Waals surface area contributed by atoms with Crippen molar-refractivity contribution in [1.29, 1.82) is 0 Å². The van der Waals surface area contributed by atoms with Crippen molar-refractivity contribution in [3.05, 3.63) is 30.1 Å². The zero-order chi connectivity index (χ0) is 15.4. The molecule has 2 saturated heterocycles. The van der Waals surface area contributed by atoms with Crippen LogP contribution in [0.3, 0.4) is 0 Å². The summed E-state index contributed by atoms with van der Waals surface area (Å²) in [5, 5.41) is 0. The van der Waals surface area contributed by atoms with Crippen molar-refractivity contribution in [2.24, 2.45) is 0 Å². The molecule has 6 nitrogen and oxygen atoms in total. The van der Waals surface area contributed by atoms with Crippen LogP contribution in [0, 0.1) is 0 Å². The monoisotopic (exact) mass is 306 g/mol. The van der Waals surface area contributed by atoms with Crippen LogP contribution in [0.15, 0.2) is 24.5 Å². The molecule has 0 radical (unpaired) electrons. The van der Waals surface area contributed by atoms with E-state index in [-0.39, 0.29) is 24.2 Å². The number of likely N-dealkylation sites (tertiary alicyclic amines) is 1. The summed E-state index contributed by atoms with van der Waals surface area (Å²) in [4.78, 5) is 17.5. The van der Waals surface area contributed by atoms with Crippen molar-refractivity contribution in [3.8, 4) is 0 Å². The molecule has 0 aromatic carbocycles. The minimum absolute atomic E-state index is 0.0246. The molecule has 3 heterocycles. The maximum atomic E-state index is 11.8. The lowest BCUT2D eigenvalue weighted by molar-refractivity contribution is -0.203. The van der Waals surface area contributed by atoms with Crippen LogP contribution in [0.25, 0.3) is 0 Å². The highest BCUT2D eigenvalue weighted by Crippen LogP contribution is 2.35. The van der Waals surface area contributed by atoms with Gasteiger partial charge in [0.15, 0.2) is 0 Å². The fourth-order valence-electron chi connectivity index (χ4n) is 3.08. The van der Waals surface area contributed by atoms with E-state index in [2.05, 4.69) is 4.98 Å². The summed E-state index contributed by atoms with van der Waals surface area (Å²) in [7, 11) is 1.54. The van der Waals surface area contributed by atoms with Gasteiger partial charge < -0.3 is 19.1 Å². The average Bonchev–Trinajstić information content (AvgIpc) is 2.52. The number of methoxy groups -OCH3 is 1. The molecule has 22 heavy (non-hydrogen) atoms. The standard InChI is InChI=1S/C16H22N2O4/c1-20-10-15(19)18-11-16(12-18)8-14(4-7-22-16)21-9-13-2-5-17-6-3-13/h2-3,5-6,14H,4,7-12H2,1H3/t14-/m0/s1. The summed E-state index contributed by atoms with van der Waals surface area (Å²) in [5.74, 6) is 0.0246. The predicted molar refractivity (Wildman–Crippen MR) is 79.2 cm³/mol. The van der Waals surface area contributed by atoms with Crippen molar-refractivity contribution in [2.75, 3.05) is 33.4 Å². The number of aromatic nitrogens is 1. The second-order valence-electron chi connectivity index (χ2n) is 6.00. The molecule has 0 unspecified atom stereocenters. The van der Waals surface area contributed by atoms with Gasteiger partial charge in [-0.05, 0) is 24.1 Å². The number of rotatable bonds is 5. The molecule has 1 atom stereocenters. The zero-order valence-corrected chi connectivity index (χ0v) is 12.9. The molecule has 2 aliphatic heterocycles. The molecule has 3 rings (SSSR count). The molecular formula is C16H22N2O4. The number of hydrogen-bond donors (Lipinski definition) is 0. The Labute approximate surface area is 130 Å². The van der Waals surface area contributed by atoms with Crippen molar-refractivity contribution in [3.63, 3.8) is 0 Å². The van der Waals surface area contributed by atoms with Crippen molar-refractivity contribution >= 4 is 5.91 Å². The Kier molecular flexibility index (Phi) is 4.71. The van der Waals surface area contributed by atoms with E-state index in [0.717, 1.165) is 18.4 Å². The molecule has 120 valence electrons. The Bertz CT molecular complexity index is 502. The Morgan fingerprint density at radius 3 is 2.95 bits per heavy atom. The third-order valence-electron chi connectivity index (χ3n) is 4.26. The summed E-state index contributed by atoms with van der Waals surface area (Å²) in [5.41, 5.74) is 0.908. The zero-order valence-electron chi connectivity index (χ0n) is 12.9. The molecule has 6 heteroatoms. The second-order valence-corrected chi connectivity index (χ2v) is 6.00. The summed E-state index contributed by atoms with van der Waals surface area (Å²) in [6, 6.07) is 3.92. The molecule has 1 spiro atoms. The maximum absolute atomic E-state index is 11.8. The quantitative estimate of drug-likeness (QED) is 0.812. The van der Waals surface area contributed by atoms with E-state index in [1.54, 1.807) is 17.3 Å². The molecule has 2 aliphatic rings. The minimum Gasteiger partial charge on any atom is -0.375 e. The van der Waals surface area contributed by atoms with Crippen LogP contribution in [0.1, 0.15) is 18.4 Å². The van der Waals surface area contributed by atoms with Gasteiger partial charge in [0.25, 0.3) is 0 Å². The maximum Gasteiger partial charge on any atom is 0.248 e. The van der Waals surface area contributed by atoms with E-state index < -0.39 is 0 Å². The topological polar surface area (TPSA) is 60.9 Å². The first-order valence-corrected chi connectivity index (χ1v) is 7.62. The number of carbonyl (C=O) groups excluding carboxylic acids is 1. The Hall–Kier alpha value is -1.50. The number of pyridine rings is 1. The molecule has 1 aromatic heterocycles. The van der Waals surface area contributed by atoms with Gasteiger partial charge in [-0.25, -0.2) is 0 Å². The van der Waals surface area contributed by atoms with E-state index in [9.17, 15) is 4.79 Å². The van der Waals surface area contributed by atoms with E-state index >= 15 is 0 Å². The second kappa shape index (κ2) is 6.73. The lowest BCUT2D eigenvalue weighted by Gasteiger charge is -2.52. The molecule has 0 bridgehead atoms. The van der Waals surface area contributed by atoms with Crippen molar-refractivity contribution in [2.45, 2.75) is 31.2 Å². The van der Waals surface area contributed by atoms with Crippen LogP contribution in [0.4, 0.5) is 0 Å². The van der Waals surface area contributed by atoms with Crippen LogP contribution in [0.5, 0.6) is 0 Å².